The van der Waals surface area contributed by atoms with E-state index in [4.69, 9.17) is 16.3 Å². The smallest absolute Gasteiger partial charge is 0.301 e. The maximum absolute atomic E-state index is 11.5. The van der Waals surface area contributed by atoms with Gasteiger partial charge in [0.05, 0.1) is 27.9 Å². The predicted molar refractivity (Wildman–Crippen MR) is 140 cm³/mol. The third-order valence-electron chi connectivity index (χ3n) is 7.01. The molecule has 186 valence electrons. The quantitative estimate of drug-likeness (QED) is 0.293. The molecule has 4 aromatic rings. The van der Waals surface area contributed by atoms with Crippen molar-refractivity contribution in [2.45, 2.75) is 57.6 Å². The number of hydrogen-bond acceptors (Lipinski definition) is 5. The Hall–Kier alpha value is -3.42. The summed E-state index contributed by atoms with van der Waals surface area (Å²) in [5.74, 6) is 0.515. The minimum Gasteiger partial charge on any atom is -0.426 e. The van der Waals surface area contributed by atoms with E-state index < -0.39 is 5.54 Å². The number of nitrogens with one attached hydrogen (secondary N) is 2. The Bertz CT molecular complexity index is 1420. The van der Waals surface area contributed by atoms with Gasteiger partial charge in [-0.1, -0.05) is 48.0 Å². The normalized spacial score (nSPS) is 15.5. The zero-order valence-corrected chi connectivity index (χ0v) is 21.5. The Morgan fingerprint density at radius 1 is 1.14 bits per heavy atom. The fourth-order valence-corrected chi connectivity index (χ4v) is 5.01. The first-order chi connectivity index (χ1) is 17.1. The molecule has 5 rings (SSSR count). The van der Waals surface area contributed by atoms with Gasteiger partial charge < -0.3 is 20.1 Å². The maximum Gasteiger partial charge on any atom is 0.301 e. The number of aromatic amines is 1. The molecule has 0 spiro atoms. The molecule has 1 atom stereocenters. The van der Waals surface area contributed by atoms with E-state index in [0.29, 0.717) is 33.6 Å². The van der Waals surface area contributed by atoms with Gasteiger partial charge >= 0.3 is 6.01 Å². The third kappa shape index (κ3) is 4.56. The summed E-state index contributed by atoms with van der Waals surface area (Å²) in [5.41, 5.74) is 4.18. The molecule has 36 heavy (non-hydrogen) atoms. The van der Waals surface area contributed by atoms with Crippen molar-refractivity contribution in [3.05, 3.63) is 70.7 Å². The number of nitrogens with zero attached hydrogens (tertiary/aromatic N) is 2. The molecule has 7 nitrogen and oxygen atoms in total. The number of aliphatic hydroxyl groups is 1. The molecule has 1 unspecified atom stereocenters. The number of ether oxygens (including phenoxy) is 1. The van der Waals surface area contributed by atoms with Gasteiger partial charge in [-0.3, -0.25) is 4.79 Å². The highest BCUT2D eigenvalue weighted by Gasteiger charge is 2.48. The number of H-pyrrole nitrogens is 1. The fourth-order valence-electron chi connectivity index (χ4n) is 4.75. The number of amides is 1. The molecule has 2 aromatic carbocycles. The second kappa shape index (κ2) is 8.91. The van der Waals surface area contributed by atoms with Crippen LogP contribution in [0.15, 0.2) is 54.6 Å². The molecule has 2 heterocycles. The highest BCUT2D eigenvalue weighted by atomic mass is 35.5. The van der Waals surface area contributed by atoms with E-state index in [1.54, 1.807) is 6.07 Å². The van der Waals surface area contributed by atoms with Crippen molar-refractivity contribution >= 4 is 28.7 Å². The summed E-state index contributed by atoms with van der Waals surface area (Å²) in [7, 11) is 0. The van der Waals surface area contributed by atoms with Crippen LogP contribution < -0.4 is 10.1 Å². The van der Waals surface area contributed by atoms with Crippen molar-refractivity contribution in [2.75, 3.05) is 0 Å². The summed E-state index contributed by atoms with van der Waals surface area (Å²) in [6.45, 7) is 7.25. The number of aromatic nitrogens is 3. The van der Waals surface area contributed by atoms with Gasteiger partial charge in [-0.2, -0.15) is 4.98 Å². The topological polar surface area (TPSA) is 100 Å². The van der Waals surface area contributed by atoms with E-state index in [0.717, 1.165) is 29.5 Å². The van der Waals surface area contributed by atoms with Gasteiger partial charge in [0.1, 0.15) is 5.75 Å². The van der Waals surface area contributed by atoms with Crippen LogP contribution >= 0.6 is 11.6 Å². The number of imidazole rings is 1. The third-order valence-corrected chi connectivity index (χ3v) is 7.29. The molecule has 0 radical (unpaired) electrons. The highest BCUT2D eigenvalue weighted by molar-refractivity contribution is 6.33. The maximum atomic E-state index is 11.5. The van der Waals surface area contributed by atoms with Gasteiger partial charge in [0.25, 0.3) is 0 Å². The number of fused-ring (bicyclic) bond motifs is 1. The summed E-state index contributed by atoms with van der Waals surface area (Å²) in [4.78, 5) is 23.8. The SMILES string of the molecule is CC(=O)NC(C)(C)c1ccc(Oc2nc3nc(-c4ccc(C5(C(C)O)CC5)cc4)c(Cl)cc3[nH]2)cc1. The first-order valence-corrected chi connectivity index (χ1v) is 12.4. The molecular formula is C28H29ClN4O3. The van der Waals surface area contributed by atoms with Crippen LogP contribution in [0.1, 0.15) is 51.7 Å². The van der Waals surface area contributed by atoms with Gasteiger partial charge in [-0.25, -0.2) is 4.98 Å². The summed E-state index contributed by atoms with van der Waals surface area (Å²) >= 11 is 6.57. The molecule has 3 N–H and O–H groups in total. The molecule has 1 aliphatic rings. The van der Waals surface area contributed by atoms with E-state index in [2.05, 4.69) is 20.3 Å². The van der Waals surface area contributed by atoms with Crippen molar-refractivity contribution in [1.82, 2.24) is 20.3 Å². The Kier molecular flexibility index (Phi) is 6.01. The minimum absolute atomic E-state index is 0.0873. The molecule has 8 heteroatoms. The van der Waals surface area contributed by atoms with Crippen LogP contribution in [0.4, 0.5) is 0 Å². The molecule has 0 aliphatic heterocycles. The summed E-state index contributed by atoms with van der Waals surface area (Å²) in [6, 6.07) is 17.7. The number of benzene rings is 2. The lowest BCUT2D eigenvalue weighted by atomic mass is 9.90. The van der Waals surface area contributed by atoms with E-state index in [1.165, 1.54) is 6.92 Å². The number of aliphatic hydroxyl groups excluding tert-OH is 1. The molecule has 1 fully saturated rings. The first-order valence-electron chi connectivity index (χ1n) is 12.0. The number of carbonyl (C=O) groups is 1. The molecule has 0 bridgehead atoms. The predicted octanol–water partition coefficient (Wildman–Crippen LogP) is 5.85. The lowest BCUT2D eigenvalue weighted by molar-refractivity contribution is -0.120. The monoisotopic (exact) mass is 504 g/mol. The van der Waals surface area contributed by atoms with Crippen LogP contribution in [0.3, 0.4) is 0 Å². The fraction of sp³-hybridized carbons (Fsp3) is 0.321. The van der Waals surface area contributed by atoms with Crippen molar-refractivity contribution in [1.29, 1.82) is 0 Å². The van der Waals surface area contributed by atoms with Gasteiger partial charge in [-0.05, 0) is 62.9 Å². The van der Waals surface area contributed by atoms with E-state index >= 15 is 0 Å². The zero-order valence-electron chi connectivity index (χ0n) is 20.7. The van der Waals surface area contributed by atoms with E-state index in [1.807, 2.05) is 69.3 Å². The summed E-state index contributed by atoms with van der Waals surface area (Å²) in [5, 5.41) is 13.6. The molecule has 1 amide bonds. The van der Waals surface area contributed by atoms with E-state index in [-0.39, 0.29) is 17.4 Å². The highest BCUT2D eigenvalue weighted by Crippen LogP contribution is 2.51. The Morgan fingerprint density at radius 2 is 1.81 bits per heavy atom. The van der Waals surface area contributed by atoms with Gasteiger partial charge in [-0.15, -0.1) is 0 Å². The average molecular weight is 505 g/mol. The summed E-state index contributed by atoms with van der Waals surface area (Å²) in [6.07, 6.45) is 1.63. The first kappa shape index (κ1) is 24.3. The zero-order chi connectivity index (χ0) is 25.7. The lowest BCUT2D eigenvalue weighted by Crippen LogP contribution is -2.39. The van der Waals surface area contributed by atoms with Crippen LogP contribution in [0, 0.1) is 0 Å². The molecule has 1 saturated carbocycles. The van der Waals surface area contributed by atoms with Gasteiger partial charge in [0.15, 0.2) is 5.65 Å². The Labute approximate surface area is 214 Å². The summed E-state index contributed by atoms with van der Waals surface area (Å²) < 4.78 is 5.92. The minimum atomic E-state index is -0.491. The van der Waals surface area contributed by atoms with Crippen LogP contribution in [0.5, 0.6) is 11.8 Å². The molecular weight excluding hydrogens is 476 g/mol. The molecule has 2 aromatic heterocycles. The number of carbonyl (C=O) groups excluding carboxylic acids is 1. The lowest BCUT2D eigenvalue weighted by Gasteiger charge is -2.26. The Morgan fingerprint density at radius 3 is 2.39 bits per heavy atom. The van der Waals surface area contributed by atoms with Gasteiger partial charge in [0.2, 0.25) is 5.91 Å². The number of pyridine rings is 1. The van der Waals surface area contributed by atoms with Crippen LogP contribution in [0.25, 0.3) is 22.4 Å². The molecule has 0 saturated heterocycles. The van der Waals surface area contributed by atoms with Crippen molar-refractivity contribution in [3.8, 4) is 23.0 Å². The molecule has 1 aliphatic carbocycles. The van der Waals surface area contributed by atoms with Crippen LogP contribution in [-0.2, 0) is 15.7 Å². The van der Waals surface area contributed by atoms with Crippen molar-refractivity contribution in [3.63, 3.8) is 0 Å². The number of halogens is 1. The largest absolute Gasteiger partial charge is 0.426 e. The van der Waals surface area contributed by atoms with Crippen molar-refractivity contribution < 1.29 is 14.6 Å². The number of hydrogen-bond donors (Lipinski definition) is 3. The van der Waals surface area contributed by atoms with Crippen molar-refractivity contribution in [2.24, 2.45) is 0 Å². The number of rotatable bonds is 7. The second-order valence-corrected chi connectivity index (χ2v) is 10.5. The Balaban J connectivity index is 1.36. The van der Waals surface area contributed by atoms with E-state index in [9.17, 15) is 9.90 Å². The van der Waals surface area contributed by atoms with Crippen LogP contribution in [-0.4, -0.2) is 32.1 Å². The standard InChI is InChI=1S/C28H29ClN4O3/c1-16(34)28(13-14-28)20-7-5-18(6-8-20)24-22(29)15-23-25(31-24)32-26(30-23)36-21-11-9-19(10-12-21)27(3,4)33-17(2)35/h5-12,15-16,34H,13-14H2,1-4H3,(H,33,35)(H,30,31,32). The van der Waals surface area contributed by atoms with Gasteiger partial charge in [0, 0.05) is 17.9 Å². The average Bonchev–Trinajstić information content (AvgIpc) is 3.55. The second-order valence-electron chi connectivity index (χ2n) is 10.1. The van der Waals surface area contributed by atoms with Crippen LogP contribution in [0.2, 0.25) is 5.02 Å².